The molecule has 2 aromatic carbocycles. The summed E-state index contributed by atoms with van der Waals surface area (Å²) in [6, 6.07) is 14.8. The normalized spacial score (nSPS) is 16.9. The summed E-state index contributed by atoms with van der Waals surface area (Å²) in [4.78, 5) is 44.4. The van der Waals surface area contributed by atoms with E-state index in [1.807, 2.05) is 56.0 Å². The van der Waals surface area contributed by atoms with Gasteiger partial charge in [-0.25, -0.2) is 0 Å². The SMILES string of the molecule is Cc1[nH]c(/C=C2\C(=O)Nc3ccc(C(=O)N[C@H](C)c4ccccc4)cc32)c(C)c1C(=O)N1CCCCC1. The van der Waals surface area contributed by atoms with Crippen LogP contribution < -0.4 is 10.6 Å². The maximum Gasteiger partial charge on any atom is 0.256 e. The number of fused-ring (bicyclic) bond motifs is 1. The van der Waals surface area contributed by atoms with Crippen LogP contribution in [0.4, 0.5) is 5.69 Å². The number of carbonyl (C=O) groups is 3. The average Bonchev–Trinajstić information content (AvgIpc) is 3.38. The Morgan fingerprint density at radius 1 is 1.03 bits per heavy atom. The number of rotatable bonds is 5. The van der Waals surface area contributed by atoms with Gasteiger partial charge < -0.3 is 20.5 Å². The number of benzene rings is 2. The van der Waals surface area contributed by atoms with Crippen molar-refractivity contribution in [2.45, 2.75) is 46.1 Å². The zero-order chi connectivity index (χ0) is 26.1. The lowest BCUT2D eigenvalue weighted by atomic mass is 10.0. The first-order valence-electron chi connectivity index (χ1n) is 12.8. The molecule has 0 spiro atoms. The molecule has 0 unspecified atom stereocenters. The van der Waals surface area contributed by atoms with E-state index in [2.05, 4.69) is 15.6 Å². The van der Waals surface area contributed by atoms with Gasteiger partial charge in [0.05, 0.1) is 17.2 Å². The van der Waals surface area contributed by atoms with Gasteiger partial charge in [0.1, 0.15) is 0 Å². The predicted octanol–water partition coefficient (Wildman–Crippen LogP) is 5.24. The van der Waals surface area contributed by atoms with Gasteiger partial charge in [0.15, 0.2) is 0 Å². The van der Waals surface area contributed by atoms with E-state index in [-0.39, 0.29) is 23.8 Å². The number of nitrogens with zero attached hydrogens (tertiary/aromatic N) is 1. The van der Waals surface area contributed by atoms with Gasteiger partial charge in [0.2, 0.25) is 0 Å². The number of carbonyl (C=O) groups excluding carboxylic acids is 3. The Kier molecular flexibility index (Phi) is 6.70. The number of piperidine rings is 1. The van der Waals surface area contributed by atoms with Crippen molar-refractivity contribution in [3.63, 3.8) is 0 Å². The Hall–Kier alpha value is -4.13. The minimum absolute atomic E-state index is 0.0402. The summed E-state index contributed by atoms with van der Waals surface area (Å²) in [7, 11) is 0. The third kappa shape index (κ3) is 4.81. The monoisotopic (exact) mass is 496 g/mol. The van der Waals surface area contributed by atoms with Crippen molar-refractivity contribution >= 4 is 35.1 Å². The first-order chi connectivity index (χ1) is 17.8. The lowest BCUT2D eigenvalue weighted by Crippen LogP contribution is -2.36. The van der Waals surface area contributed by atoms with Gasteiger partial charge in [-0.2, -0.15) is 0 Å². The maximum absolute atomic E-state index is 13.2. The Balaban J connectivity index is 1.42. The molecule has 3 heterocycles. The molecule has 5 rings (SSSR count). The van der Waals surface area contributed by atoms with E-state index in [9.17, 15) is 14.4 Å². The minimum atomic E-state index is -0.235. The summed E-state index contributed by atoms with van der Waals surface area (Å²) in [5, 5.41) is 5.92. The molecule has 3 aromatic rings. The number of hydrogen-bond acceptors (Lipinski definition) is 3. The molecule has 2 aliphatic heterocycles. The summed E-state index contributed by atoms with van der Waals surface area (Å²) < 4.78 is 0. The van der Waals surface area contributed by atoms with E-state index >= 15 is 0 Å². The molecule has 0 bridgehead atoms. The number of hydrogen-bond donors (Lipinski definition) is 3. The lowest BCUT2D eigenvalue weighted by molar-refractivity contribution is -0.110. The second-order valence-electron chi connectivity index (χ2n) is 9.89. The third-order valence-electron chi connectivity index (χ3n) is 7.33. The smallest absolute Gasteiger partial charge is 0.256 e. The van der Waals surface area contributed by atoms with Gasteiger partial charge in [-0.15, -0.1) is 0 Å². The standard InChI is InChI=1S/C30H32N4O3/c1-18-26(31-20(3)27(18)30(37)34-14-8-5-9-15-34)17-24-23-16-22(12-13-25(23)33-29(24)36)28(35)32-19(2)21-10-6-4-7-11-21/h4,6-7,10-13,16-17,19,31H,5,8-9,14-15H2,1-3H3,(H,32,35)(H,33,36)/b24-17-/t19-/m1/s1. The lowest BCUT2D eigenvalue weighted by Gasteiger charge is -2.27. The summed E-state index contributed by atoms with van der Waals surface area (Å²) in [6.07, 6.45) is 5.00. The molecule has 1 fully saturated rings. The number of aryl methyl sites for hydroxylation is 1. The summed E-state index contributed by atoms with van der Waals surface area (Å²) in [5.74, 6) is -0.404. The zero-order valence-corrected chi connectivity index (χ0v) is 21.5. The highest BCUT2D eigenvalue weighted by atomic mass is 16.2. The van der Waals surface area contributed by atoms with E-state index in [4.69, 9.17) is 0 Å². The number of likely N-dealkylation sites (tertiary alicyclic amines) is 1. The molecular weight excluding hydrogens is 464 g/mol. The second kappa shape index (κ2) is 10.1. The molecule has 1 atom stereocenters. The number of aromatic nitrogens is 1. The fourth-order valence-corrected chi connectivity index (χ4v) is 5.22. The van der Waals surface area contributed by atoms with Crippen molar-refractivity contribution in [3.8, 4) is 0 Å². The molecule has 0 saturated carbocycles. The number of amides is 3. The zero-order valence-electron chi connectivity index (χ0n) is 21.5. The van der Waals surface area contributed by atoms with E-state index in [0.717, 1.165) is 54.9 Å². The molecule has 1 aromatic heterocycles. The summed E-state index contributed by atoms with van der Waals surface area (Å²) >= 11 is 0. The van der Waals surface area contributed by atoms with Crippen LogP contribution in [0.15, 0.2) is 48.5 Å². The second-order valence-corrected chi connectivity index (χ2v) is 9.89. The number of aromatic amines is 1. The fraction of sp³-hybridized carbons (Fsp3) is 0.300. The predicted molar refractivity (Wildman–Crippen MR) is 145 cm³/mol. The molecule has 190 valence electrons. The average molecular weight is 497 g/mol. The van der Waals surface area contributed by atoms with Crippen molar-refractivity contribution in [2.24, 2.45) is 0 Å². The topological polar surface area (TPSA) is 94.3 Å². The Bertz CT molecular complexity index is 1400. The molecule has 3 N–H and O–H groups in total. The van der Waals surface area contributed by atoms with E-state index in [0.29, 0.717) is 28.0 Å². The summed E-state index contributed by atoms with van der Waals surface area (Å²) in [6.45, 7) is 7.31. The van der Waals surface area contributed by atoms with Crippen LogP contribution in [0.3, 0.4) is 0 Å². The van der Waals surface area contributed by atoms with Gasteiger partial charge in [0.25, 0.3) is 17.7 Å². The molecule has 0 aliphatic carbocycles. The fourth-order valence-electron chi connectivity index (χ4n) is 5.22. The number of nitrogens with one attached hydrogen (secondary N) is 3. The summed E-state index contributed by atoms with van der Waals surface area (Å²) in [5.41, 5.74) is 6.30. The van der Waals surface area contributed by atoms with E-state index in [1.165, 1.54) is 0 Å². The van der Waals surface area contributed by atoms with Crippen LogP contribution in [0, 0.1) is 13.8 Å². The molecule has 7 nitrogen and oxygen atoms in total. The quantitative estimate of drug-likeness (QED) is 0.422. The number of anilines is 1. The minimum Gasteiger partial charge on any atom is -0.358 e. The highest BCUT2D eigenvalue weighted by Gasteiger charge is 2.28. The third-order valence-corrected chi connectivity index (χ3v) is 7.33. The van der Waals surface area contributed by atoms with Crippen LogP contribution in [-0.4, -0.2) is 40.7 Å². The highest BCUT2D eigenvalue weighted by Crippen LogP contribution is 2.35. The van der Waals surface area contributed by atoms with Crippen LogP contribution in [0.5, 0.6) is 0 Å². The molecular formula is C30H32N4O3. The van der Waals surface area contributed by atoms with Gasteiger partial charge in [0, 0.05) is 41.3 Å². The van der Waals surface area contributed by atoms with Crippen LogP contribution in [-0.2, 0) is 4.79 Å². The molecule has 3 amide bonds. The van der Waals surface area contributed by atoms with Crippen molar-refractivity contribution in [1.29, 1.82) is 0 Å². The van der Waals surface area contributed by atoms with E-state index in [1.54, 1.807) is 24.3 Å². The number of H-pyrrole nitrogens is 1. The molecule has 37 heavy (non-hydrogen) atoms. The molecule has 7 heteroatoms. The van der Waals surface area contributed by atoms with E-state index < -0.39 is 0 Å². The van der Waals surface area contributed by atoms with Crippen LogP contribution >= 0.6 is 0 Å². The highest BCUT2D eigenvalue weighted by molar-refractivity contribution is 6.35. The molecule has 2 aliphatic rings. The van der Waals surface area contributed by atoms with Gasteiger partial charge in [-0.3, -0.25) is 14.4 Å². The van der Waals surface area contributed by atoms with Crippen LogP contribution in [0.2, 0.25) is 0 Å². The van der Waals surface area contributed by atoms with Crippen LogP contribution in [0.25, 0.3) is 11.6 Å². The van der Waals surface area contributed by atoms with Gasteiger partial charge in [-0.05, 0) is 75.4 Å². The largest absolute Gasteiger partial charge is 0.358 e. The Labute approximate surface area is 217 Å². The first-order valence-corrected chi connectivity index (χ1v) is 12.8. The van der Waals surface area contributed by atoms with Gasteiger partial charge in [-0.1, -0.05) is 30.3 Å². The molecule has 1 saturated heterocycles. The Morgan fingerprint density at radius 2 is 1.76 bits per heavy atom. The maximum atomic E-state index is 13.2. The van der Waals surface area contributed by atoms with Crippen molar-refractivity contribution in [3.05, 3.63) is 87.7 Å². The van der Waals surface area contributed by atoms with Crippen molar-refractivity contribution in [2.75, 3.05) is 18.4 Å². The van der Waals surface area contributed by atoms with Crippen LogP contribution in [0.1, 0.15) is 81.0 Å². The van der Waals surface area contributed by atoms with Gasteiger partial charge >= 0.3 is 0 Å². The first kappa shape index (κ1) is 24.6. The van der Waals surface area contributed by atoms with Crippen molar-refractivity contribution in [1.82, 2.24) is 15.2 Å². The van der Waals surface area contributed by atoms with Crippen molar-refractivity contribution < 1.29 is 14.4 Å². The molecule has 0 radical (unpaired) electrons. The Morgan fingerprint density at radius 3 is 2.49 bits per heavy atom.